The molecule has 1 fully saturated rings. The molecule has 1 aliphatic heterocycles. The Morgan fingerprint density at radius 1 is 1.41 bits per heavy atom. The van der Waals surface area contributed by atoms with Gasteiger partial charge in [0.05, 0.1) is 6.20 Å². The third-order valence-corrected chi connectivity index (χ3v) is 3.71. The molecule has 1 aliphatic rings. The van der Waals surface area contributed by atoms with Crippen LogP contribution in [0, 0.1) is 0 Å². The fourth-order valence-electron chi connectivity index (χ4n) is 2.30. The summed E-state index contributed by atoms with van der Waals surface area (Å²) in [7, 11) is 0. The smallest absolute Gasteiger partial charge is 0.181 e. The van der Waals surface area contributed by atoms with Crippen LogP contribution < -0.4 is 10.6 Å². The SMILES string of the molecule is N[C@@H]1CCCN(c2nccn3c(Br)cnc23)C1. The van der Waals surface area contributed by atoms with Gasteiger partial charge in [0.2, 0.25) is 0 Å². The maximum atomic E-state index is 6.01. The first-order valence-electron chi connectivity index (χ1n) is 5.74. The van der Waals surface area contributed by atoms with Crippen LogP contribution in [0.3, 0.4) is 0 Å². The maximum absolute atomic E-state index is 6.01. The van der Waals surface area contributed by atoms with Gasteiger partial charge in [-0.1, -0.05) is 0 Å². The monoisotopic (exact) mass is 295 g/mol. The quantitative estimate of drug-likeness (QED) is 0.864. The van der Waals surface area contributed by atoms with E-state index in [-0.39, 0.29) is 6.04 Å². The first-order chi connectivity index (χ1) is 8.25. The summed E-state index contributed by atoms with van der Waals surface area (Å²) in [5, 5.41) is 0. The molecule has 0 radical (unpaired) electrons. The number of rotatable bonds is 1. The highest BCUT2D eigenvalue weighted by Gasteiger charge is 2.20. The summed E-state index contributed by atoms with van der Waals surface area (Å²) in [6, 6.07) is 0.240. The third kappa shape index (κ3) is 1.91. The lowest BCUT2D eigenvalue weighted by Crippen LogP contribution is -2.43. The lowest BCUT2D eigenvalue weighted by Gasteiger charge is -2.31. The van der Waals surface area contributed by atoms with E-state index >= 15 is 0 Å². The van der Waals surface area contributed by atoms with E-state index in [1.165, 1.54) is 0 Å². The number of halogens is 1. The summed E-state index contributed by atoms with van der Waals surface area (Å²) >= 11 is 3.47. The van der Waals surface area contributed by atoms with Gasteiger partial charge in [0.15, 0.2) is 11.5 Å². The Morgan fingerprint density at radius 3 is 3.12 bits per heavy atom. The molecular formula is C11H14BrN5. The molecule has 2 aromatic rings. The molecule has 0 bridgehead atoms. The molecule has 3 heterocycles. The number of hydrogen-bond donors (Lipinski definition) is 1. The van der Waals surface area contributed by atoms with E-state index in [0.717, 1.165) is 42.0 Å². The minimum absolute atomic E-state index is 0.240. The van der Waals surface area contributed by atoms with Gasteiger partial charge in [-0.25, -0.2) is 9.97 Å². The van der Waals surface area contributed by atoms with E-state index < -0.39 is 0 Å². The largest absolute Gasteiger partial charge is 0.352 e. The van der Waals surface area contributed by atoms with E-state index in [4.69, 9.17) is 5.73 Å². The zero-order valence-corrected chi connectivity index (χ0v) is 11.0. The number of aromatic nitrogens is 3. The zero-order chi connectivity index (χ0) is 11.8. The lowest BCUT2D eigenvalue weighted by atomic mass is 10.1. The number of hydrogen-bond acceptors (Lipinski definition) is 4. The Morgan fingerprint density at radius 2 is 2.29 bits per heavy atom. The molecule has 3 rings (SSSR count). The van der Waals surface area contributed by atoms with Gasteiger partial charge in [0.1, 0.15) is 4.60 Å². The Kier molecular flexibility index (Phi) is 2.76. The van der Waals surface area contributed by atoms with Crippen LogP contribution in [0.5, 0.6) is 0 Å². The van der Waals surface area contributed by atoms with Gasteiger partial charge in [-0.3, -0.25) is 4.40 Å². The molecule has 0 unspecified atom stereocenters. The van der Waals surface area contributed by atoms with E-state index in [9.17, 15) is 0 Å². The van der Waals surface area contributed by atoms with Gasteiger partial charge in [0, 0.05) is 31.5 Å². The summed E-state index contributed by atoms with van der Waals surface area (Å²) in [4.78, 5) is 11.1. The van der Waals surface area contributed by atoms with Crippen molar-refractivity contribution in [2.24, 2.45) is 5.73 Å². The molecular weight excluding hydrogens is 282 g/mol. The molecule has 0 amide bonds. The van der Waals surface area contributed by atoms with Gasteiger partial charge in [-0.2, -0.15) is 0 Å². The molecule has 5 nitrogen and oxygen atoms in total. The Bertz CT molecular complexity index is 538. The van der Waals surface area contributed by atoms with Gasteiger partial charge in [-0.05, 0) is 28.8 Å². The number of anilines is 1. The van der Waals surface area contributed by atoms with Crippen molar-refractivity contribution < 1.29 is 0 Å². The first kappa shape index (κ1) is 11.0. The standard InChI is InChI=1S/C11H14BrN5/c12-9-6-15-11-10(14-3-5-17(9)11)16-4-1-2-8(13)7-16/h3,5-6,8H,1-2,4,7,13H2/t8-/m1/s1. The van der Waals surface area contributed by atoms with Crippen LogP contribution in [0.2, 0.25) is 0 Å². The fraction of sp³-hybridized carbons (Fsp3) is 0.455. The van der Waals surface area contributed by atoms with Crippen LogP contribution in [-0.4, -0.2) is 33.5 Å². The van der Waals surface area contributed by atoms with E-state index in [0.29, 0.717) is 0 Å². The number of imidazole rings is 1. The van der Waals surface area contributed by atoms with Crippen molar-refractivity contribution in [1.82, 2.24) is 14.4 Å². The topological polar surface area (TPSA) is 59.5 Å². The summed E-state index contributed by atoms with van der Waals surface area (Å²) in [5.41, 5.74) is 6.89. The molecule has 0 aromatic carbocycles. The van der Waals surface area contributed by atoms with Crippen LogP contribution in [0.1, 0.15) is 12.8 Å². The zero-order valence-electron chi connectivity index (χ0n) is 9.38. The molecule has 2 N–H and O–H groups in total. The summed E-state index contributed by atoms with van der Waals surface area (Å²) < 4.78 is 2.93. The maximum Gasteiger partial charge on any atom is 0.181 e. The normalized spacial score (nSPS) is 21.1. The minimum atomic E-state index is 0.240. The van der Waals surface area contributed by atoms with Crippen LogP contribution in [0.4, 0.5) is 5.82 Å². The van der Waals surface area contributed by atoms with Crippen molar-refractivity contribution in [3.05, 3.63) is 23.2 Å². The van der Waals surface area contributed by atoms with Gasteiger partial charge >= 0.3 is 0 Å². The van der Waals surface area contributed by atoms with Crippen molar-refractivity contribution in [1.29, 1.82) is 0 Å². The predicted octanol–water partition coefficient (Wildman–Crippen LogP) is 1.42. The lowest BCUT2D eigenvalue weighted by molar-refractivity contribution is 0.503. The van der Waals surface area contributed by atoms with E-state index in [1.54, 1.807) is 12.4 Å². The Balaban J connectivity index is 2.04. The highest BCUT2D eigenvalue weighted by atomic mass is 79.9. The molecule has 6 heteroatoms. The second-order valence-electron chi connectivity index (χ2n) is 4.37. The van der Waals surface area contributed by atoms with Crippen molar-refractivity contribution in [2.45, 2.75) is 18.9 Å². The van der Waals surface area contributed by atoms with Gasteiger partial charge in [0.25, 0.3) is 0 Å². The fourth-order valence-corrected chi connectivity index (χ4v) is 2.69. The molecule has 2 aromatic heterocycles. The van der Waals surface area contributed by atoms with Crippen LogP contribution in [0.15, 0.2) is 23.2 Å². The summed E-state index contributed by atoms with van der Waals surface area (Å²) in [5.74, 6) is 0.924. The molecule has 0 saturated carbocycles. The highest BCUT2D eigenvalue weighted by Crippen LogP contribution is 2.23. The second kappa shape index (κ2) is 4.27. The first-order valence-corrected chi connectivity index (χ1v) is 6.53. The van der Waals surface area contributed by atoms with Gasteiger partial charge < -0.3 is 10.6 Å². The van der Waals surface area contributed by atoms with Crippen LogP contribution in [-0.2, 0) is 0 Å². The third-order valence-electron chi connectivity index (χ3n) is 3.12. The molecule has 1 saturated heterocycles. The number of nitrogens with two attached hydrogens (primary N) is 1. The molecule has 17 heavy (non-hydrogen) atoms. The minimum Gasteiger partial charge on any atom is -0.352 e. The molecule has 90 valence electrons. The average Bonchev–Trinajstić information content (AvgIpc) is 2.71. The Hall–Kier alpha value is -1.14. The van der Waals surface area contributed by atoms with E-state index in [1.807, 2.05) is 10.6 Å². The highest BCUT2D eigenvalue weighted by molar-refractivity contribution is 9.10. The predicted molar refractivity (Wildman–Crippen MR) is 70.1 cm³/mol. The van der Waals surface area contributed by atoms with Gasteiger partial charge in [-0.15, -0.1) is 0 Å². The van der Waals surface area contributed by atoms with Crippen molar-refractivity contribution >= 4 is 27.4 Å². The van der Waals surface area contributed by atoms with Crippen LogP contribution >= 0.6 is 15.9 Å². The van der Waals surface area contributed by atoms with Crippen molar-refractivity contribution in [3.63, 3.8) is 0 Å². The summed E-state index contributed by atoms with van der Waals surface area (Å²) in [6.07, 6.45) is 7.71. The van der Waals surface area contributed by atoms with Crippen molar-refractivity contribution in [3.8, 4) is 0 Å². The average molecular weight is 296 g/mol. The molecule has 0 spiro atoms. The van der Waals surface area contributed by atoms with Crippen LogP contribution in [0.25, 0.3) is 5.65 Å². The number of piperidine rings is 1. The molecule has 0 aliphatic carbocycles. The second-order valence-corrected chi connectivity index (χ2v) is 5.19. The number of fused-ring (bicyclic) bond motifs is 1. The molecule has 1 atom stereocenters. The van der Waals surface area contributed by atoms with E-state index in [2.05, 4.69) is 30.8 Å². The van der Waals surface area contributed by atoms with Crippen molar-refractivity contribution in [2.75, 3.05) is 18.0 Å². The summed E-state index contributed by atoms with van der Waals surface area (Å²) in [6.45, 7) is 1.86. The number of nitrogens with zero attached hydrogens (tertiary/aromatic N) is 4. The Labute approximate surface area is 108 Å².